The van der Waals surface area contributed by atoms with Gasteiger partial charge in [0.1, 0.15) is 12.6 Å². The molecule has 0 radical (unpaired) electrons. The second-order valence-electron chi connectivity index (χ2n) is 11.4. The quantitative estimate of drug-likeness (QED) is 0.396. The van der Waals surface area contributed by atoms with E-state index in [-0.39, 0.29) is 23.9 Å². The molecule has 2 aromatic rings. The number of nitrogens with one attached hydrogen (secondary N) is 1. The summed E-state index contributed by atoms with van der Waals surface area (Å²) in [5.41, 5.74) is 2.04. The number of anilines is 1. The van der Waals surface area contributed by atoms with Crippen molar-refractivity contribution in [3.63, 3.8) is 0 Å². The molecule has 7 nitrogen and oxygen atoms in total. The first-order valence-electron chi connectivity index (χ1n) is 13.7. The maximum Gasteiger partial charge on any atom is 0.244 e. The van der Waals surface area contributed by atoms with Crippen LogP contribution in [-0.4, -0.2) is 50.0 Å². The van der Waals surface area contributed by atoms with Crippen molar-refractivity contribution in [3.8, 4) is 0 Å². The van der Waals surface area contributed by atoms with E-state index in [9.17, 15) is 18.0 Å². The molecule has 1 aliphatic carbocycles. The SMILES string of the molecule is CC[C@@H](C(=O)NC1CCCCC1)N(Cc1ccccc1Cl)C(=O)CN(c1ccc(C(C)(C)C)cc1)S(C)(=O)=O. The van der Waals surface area contributed by atoms with Crippen LogP contribution in [0.2, 0.25) is 5.02 Å². The Kier molecular flexibility index (Phi) is 10.5. The molecular weight excluding hydrogens is 534 g/mol. The predicted molar refractivity (Wildman–Crippen MR) is 158 cm³/mol. The number of amides is 2. The van der Waals surface area contributed by atoms with Crippen LogP contribution in [-0.2, 0) is 31.6 Å². The van der Waals surface area contributed by atoms with Gasteiger partial charge in [0.25, 0.3) is 0 Å². The molecule has 2 amide bonds. The molecule has 0 spiro atoms. The lowest BCUT2D eigenvalue weighted by Gasteiger charge is -2.34. The molecule has 1 fully saturated rings. The molecule has 1 aliphatic rings. The first kappa shape index (κ1) is 31.0. The number of hydrogen-bond acceptors (Lipinski definition) is 4. The van der Waals surface area contributed by atoms with Gasteiger partial charge < -0.3 is 10.2 Å². The fourth-order valence-electron chi connectivity index (χ4n) is 5.02. The summed E-state index contributed by atoms with van der Waals surface area (Å²) in [4.78, 5) is 28.9. The van der Waals surface area contributed by atoms with Crippen molar-refractivity contribution >= 4 is 39.1 Å². The minimum atomic E-state index is -3.79. The van der Waals surface area contributed by atoms with Gasteiger partial charge in [-0.2, -0.15) is 0 Å². The summed E-state index contributed by atoms with van der Waals surface area (Å²) in [6.07, 6.45) is 6.62. The van der Waals surface area contributed by atoms with E-state index in [0.29, 0.717) is 22.7 Å². The van der Waals surface area contributed by atoms with E-state index in [1.165, 1.54) is 11.3 Å². The average molecular weight is 576 g/mol. The van der Waals surface area contributed by atoms with Crippen LogP contribution in [0.1, 0.15) is 77.3 Å². The van der Waals surface area contributed by atoms with Crippen molar-refractivity contribution in [2.24, 2.45) is 0 Å². The number of benzene rings is 2. The van der Waals surface area contributed by atoms with Gasteiger partial charge in [-0.3, -0.25) is 13.9 Å². The smallest absolute Gasteiger partial charge is 0.244 e. The first-order chi connectivity index (χ1) is 18.3. The van der Waals surface area contributed by atoms with Gasteiger partial charge in [-0.25, -0.2) is 8.42 Å². The van der Waals surface area contributed by atoms with Gasteiger partial charge in [-0.05, 0) is 54.0 Å². The summed E-state index contributed by atoms with van der Waals surface area (Å²) < 4.78 is 26.9. The van der Waals surface area contributed by atoms with Gasteiger partial charge in [0.05, 0.1) is 11.9 Å². The summed E-state index contributed by atoms with van der Waals surface area (Å²) in [5.74, 6) is -0.684. The van der Waals surface area contributed by atoms with Crippen LogP contribution in [0.4, 0.5) is 5.69 Å². The van der Waals surface area contributed by atoms with E-state index < -0.39 is 28.5 Å². The third-order valence-corrected chi connectivity index (χ3v) is 8.85. The third kappa shape index (κ3) is 8.45. The molecule has 0 heterocycles. The summed E-state index contributed by atoms with van der Waals surface area (Å²) in [6.45, 7) is 7.76. The van der Waals surface area contributed by atoms with Crippen molar-refractivity contribution in [2.45, 2.75) is 90.3 Å². The fourth-order valence-corrected chi connectivity index (χ4v) is 6.06. The number of carbonyl (C=O) groups excluding carboxylic acids is 2. The van der Waals surface area contributed by atoms with Crippen molar-refractivity contribution in [3.05, 3.63) is 64.7 Å². The van der Waals surface area contributed by atoms with E-state index >= 15 is 0 Å². The van der Waals surface area contributed by atoms with Gasteiger partial charge in [-0.1, -0.05) is 88.9 Å². The van der Waals surface area contributed by atoms with Crippen LogP contribution in [0.25, 0.3) is 0 Å². The van der Waals surface area contributed by atoms with Crippen molar-refractivity contribution in [1.29, 1.82) is 0 Å². The molecular formula is C30H42ClN3O4S. The highest BCUT2D eigenvalue weighted by Crippen LogP contribution is 2.27. The molecule has 0 bridgehead atoms. The number of sulfonamides is 1. The number of halogens is 1. The topological polar surface area (TPSA) is 86.8 Å². The maximum atomic E-state index is 13.9. The lowest BCUT2D eigenvalue weighted by Crippen LogP contribution is -2.54. The van der Waals surface area contributed by atoms with Gasteiger partial charge in [-0.15, -0.1) is 0 Å². The molecule has 0 unspecified atom stereocenters. The van der Waals surface area contributed by atoms with Crippen molar-refractivity contribution in [2.75, 3.05) is 17.1 Å². The highest BCUT2D eigenvalue weighted by Gasteiger charge is 2.33. The molecule has 0 aliphatic heterocycles. The number of carbonyl (C=O) groups is 2. The van der Waals surface area contributed by atoms with Crippen LogP contribution >= 0.6 is 11.6 Å². The molecule has 3 rings (SSSR count). The second-order valence-corrected chi connectivity index (χ2v) is 13.8. The molecule has 39 heavy (non-hydrogen) atoms. The Labute approximate surface area is 239 Å². The predicted octanol–water partition coefficient (Wildman–Crippen LogP) is 5.66. The minimum absolute atomic E-state index is 0.0893. The molecule has 1 N–H and O–H groups in total. The van der Waals surface area contributed by atoms with E-state index in [2.05, 4.69) is 26.1 Å². The lowest BCUT2D eigenvalue weighted by atomic mass is 9.87. The zero-order chi connectivity index (χ0) is 28.8. The molecule has 0 aromatic heterocycles. The zero-order valence-electron chi connectivity index (χ0n) is 23.7. The highest BCUT2D eigenvalue weighted by atomic mass is 35.5. The van der Waals surface area contributed by atoms with Crippen molar-refractivity contribution < 1.29 is 18.0 Å². The van der Waals surface area contributed by atoms with E-state index in [1.54, 1.807) is 24.3 Å². The van der Waals surface area contributed by atoms with Crippen LogP contribution in [0.3, 0.4) is 0 Å². The van der Waals surface area contributed by atoms with Gasteiger partial charge in [0.2, 0.25) is 21.8 Å². The fraction of sp³-hybridized carbons (Fsp3) is 0.533. The third-order valence-electron chi connectivity index (χ3n) is 7.34. The average Bonchev–Trinajstić information content (AvgIpc) is 2.87. The Balaban J connectivity index is 1.93. The molecule has 1 saturated carbocycles. The Morgan fingerprint density at radius 2 is 1.64 bits per heavy atom. The summed E-state index contributed by atoms with van der Waals surface area (Å²) in [7, 11) is -3.79. The Bertz CT molecular complexity index is 1240. The zero-order valence-corrected chi connectivity index (χ0v) is 25.3. The Morgan fingerprint density at radius 1 is 1.03 bits per heavy atom. The van der Waals surface area contributed by atoms with E-state index in [0.717, 1.165) is 41.8 Å². The Morgan fingerprint density at radius 3 is 2.18 bits per heavy atom. The molecule has 9 heteroatoms. The van der Waals surface area contributed by atoms with Crippen molar-refractivity contribution in [1.82, 2.24) is 10.2 Å². The number of hydrogen-bond donors (Lipinski definition) is 1. The molecule has 0 saturated heterocycles. The van der Waals surface area contributed by atoms with Crippen LogP contribution in [0.15, 0.2) is 48.5 Å². The molecule has 2 aromatic carbocycles. The van der Waals surface area contributed by atoms with Crippen LogP contribution in [0.5, 0.6) is 0 Å². The normalized spacial score (nSPS) is 15.4. The standard InChI is InChI=1S/C30H42ClN3O4S/c1-6-27(29(36)32-24-13-8-7-9-14-24)33(20-22-12-10-11-15-26(22)31)28(35)21-34(39(5,37)38)25-18-16-23(17-19-25)30(2,3)4/h10-12,15-19,24,27H,6-9,13-14,20-21H2,1-5H3,(H,32,36)/t27-/m0/s1. The summed E-state index contributed by atoms with van der Waals surface area (Å²) >= 11 is 6.44. The van der Waals surface area contributed by atoms with E-state index in [1.807, 2.05) is 31.2 Å². The van der Waals surface area contributed by atoms with Gasteiger partial charge >= 0.3 is 0 Å². The number of nitrogens with zero attached hydrogens (tertiary/aromatic N) is 2. The van der Waals surface area contributed by atoms with Gasteiger partial charge in [0.15, 0.2) is 0 Å². The largest absolute Gasteiger partial charge is 0.352 e. The first-order valence-corrected chi connectivity index (χ1v) is 16.0. The highest BCUT2D eigenvalue weighted by molar-refractivity contribution is 7.92. The number of rotatable bonds is 10. The van der Waals surface area contributed by atoms with Gasteiger partial charge in [0, 0.05) is 17.6 Å². The molecule has 1 atom stereocenters. The van der Waals surface area contributed by atoms with Crippen LogP contribution < -0.4 is 9.62 Å². The summed E-state index contributed by atoms with van der Waals surface area (Å²) in [5, 5.41) is 3.63. The van der Waals surface area contributed by atoms with Crippen LogP contribution in [0, 0.1) is 0 Å². The summed E-state index contributed by atoms with van der Waals surface area (Å²) in [6, 6.07) is 13.7. The minimum Gasteiger partial charge on any atom is -0.352 e. The Hall–Kier alpha value is -2.58. The van der Waals surface area contributed by atoms with E-state index in [4.69, 9.17) is 11.6 Å². The maximum absolute atomic E-state index is 13.9. The monoisotopic (exact) mass is 575 g/mol. The lowest BCUT2D eigenvalue weighted by molar-refractivity contribution is -0.140. The second kappa shape index (κ2) is 13.2. The molecule has 214 valence electrons.